The van der Waals surface area contributed by atoms with Crippen molar-refractivity contribution >= 4 is 0 Å². The Hall–Kier alpha value is -2.12. The van der Waals surface area contributed by atoms with Gasteiger partial charge in [0.2, 0.25) is 0 Å². The topological polar surface area (TPSA) is 87.2 Å². The maximum atomic E-state index is 5.72. The second-order valence-electron chi connectivity index (χ2n) is 4.68. The van der Waals surface area contributed by atoms with E-state index in [1.807, 2.05) is 31.4 Å². The Labute approximate surface area is 116 Å². The first-order valence-electron chi connectivity index (χ1n) is 6.48. The zero-order chi connectivity index (χ0) is 13.9. The predicted molar refractivity (Wildman–Crippen MR) is 72.2 cm³/mol. The average Bonchev–Trinajstić information content (AvgIpc) is 2.89. The third-order valence-corrected chi connectivity index (χ3v) is 3.24. The standard InChI is InChI=1S/C13H17N5O2/c1-18-8-9(16-17-18)7-11(15-14)10-3-2-4-12-13(10)20-6-5-19-12/h2-4,8,11,15H,5-7,14H2,1H3. The Morgan fingerprint density at radius 1 is 1.40 bits per heavy atom. The number of hydrogen-bond acceptors (Lipinski definition) is 6. The molecular weight excluding hydrogens is 258 g/mol. The number of benzene rings is 1. The summed E-state index contributed by atoms with van der Waals surface area (Å²) in [4.78, 5) is 0. The number of aryl methyl sites for hydroxylation is 1. The average molecular weight is 275 g/mol. The molecule has 7 nitrogen and oxygen atoms in total. The number of ether oxygens (including phenoxy) is 2. The summed E-state index contributed by atoms with van der Waals surface area (Å²) in [5.41, 5.74) is 4.65. The predicted octanol–water partition coefficient (Wildman–Crippen LogP) is 0.333. The zero-order valence-electron chi connectivity index (χ0n) is 11.2. The van der Waals surface area contributed by atoms with Crippen LogP contribution < -0.4 is 20.7 Å². The SMILES string of the molecule is Cn1cc(CC(NN)c2cccc3c2OCCO3)nn1. The van der Waals surface area contributed by atoms with Gasteiger partial charge in [-0.15, -0.1) is 5.10 Å². The Bertz CT molecular complexity index is 598. The second-order valence-corrected chi connectivity index (χ2v) is 4.68. The normalized spacial score (nSPS) is 15.1. The number of nitrogens with one attached hydrogen (secondary N) is 1. The van der Waals surface area contributed by atoms with Crippen molar-refractivity contribution in [3.05, 3.63) is 35.7 Å². The third kappa shape index (κ3) is 2.45. The number of hydrazine groups is 1. The minimum Gasteiger partial charge on any atom is -0.486 e. The van der Waals surface area contributed by atoms with Gasteiger partial charge in [0.25, 0.3) is 0 Å². The highest BCUT2D eigenvalue weighted by molar-refractivity contribution is 5.49. The summed E-state index contributed by atoms with van der Waals surface area (Å²) < 4.78 is 13.0. The van der Waals surface area contributed by atoms with Gasteiger partial charge in [-0.3, -0.25) is 16.0 Å². The van der Waals surface area contributed by atoms with E-state index in [2.05, 4.69) is 15.7 Å². The highest BCUT2D eigenvalue weighted by Gasteiger charge is 2.22. The summed E-state index contributed by atoms with van der Waals surface area (Å²) in [6, 6.07) is 5.70. The number of rotatable bonds is 4. The quantitative estimate of drug-likeness (QED) is 0.618. The summed E-state index contributed by atoms with van der Waals surface area (Å²) in [6.45, 7) is 1.12. The van der Waals surface area contributed by atoms with Gasteiger partial charge < -0.3 is 9.47 Å². The lowest BCUT2D eigenvalue weighted by Crippen LogP contribution is -2.30. The first-order chi connectivity index (χ1) is 9.78. The van der Waals surface area contributed by atoms with Crippen LogP contribution in [0.15, 0.2) is 24.4 Å². The van der Waals surface area contributed by atoms with Crippen molar-refractivity contribution in [1.29, 1.82) is 0 Å². The van der Waals surface area contributed by atoms with Crippen molar-refractivity contribution in [3.63, 3.8) is 0 Å². The van der Waals surface area contributed by atoms with E-state index < -0.39 is 0 Å². The largest absolute Gasteiger partial charge is 0.486 e. The van der Waals surface area contributed by atoms with Gasteiger partial charge in [-0.2, -0.15) is 0 Å². The van der Waals surface area contributed by atoms with Gasteiger partial charge in [-0.05, 0) is 6.07 Å². The number of nitrogens with zero attached hydrogens (tertiary/aromatic N) is 3. The molecule has 0 spiro atoms. The number of aromatic nitrogens is 3. The van der Waals surface area contributed by atoms with Crippen LogP contribution in [0.2, 0.25) is 0 Å². The number of fused-ring (bicyclic) bond motifs is 1. The van der Waals surface area contributed by atoms with Crippen molar-refractivity contribution < 1.29 is 9.47 Å². The molecule has 106 valence electrons. The van der Waals surface area contributed by atoms with E-state index in [1.165, 1.54) is 0 Å². The molecule has 1 unspecified atom stereocenters. The summed E-state index contributed by atoms with van der Waals surface area (Å²) in [6.07, 6.45) is 2.50. The van der Waals surface area contributed by atoms with Crippen LogP contribution in [-0.4, -0.2) is 28.2 Å². The van der Waals surface area contributed by atoms with Crippen LogP contribution in [0.4, 0.5) is 0 Å². The molecule has 0 radical (unpaired) electrons. The molecule has 1 aliphatic rings. The van der Waals surface area contributed by atoms with Gasteiger partial charge in [0.15, 0.2) is 11.5 Å². The number of para-hydroxylation sites is 1. The van der Waals surface area contributed by atoms with E-state index in [1.54, 1.807) is 4.68 Å². The third-order valence-electron chi connectivity index (χ3n) is 3.24. The van der Waals surface area contributed by atoms with Crippen molar-refractivity contribution in [2.75, 3.05) is 13.2 Å². The lowest BCUT2D eigenvalue weighted by atomic mass is 10.0. The number of hydrogen-bond donors (Lipinski definition) is 2. The number of nitrogens with two attached hydrogens (primary N) is 1. The van der Waals surface area contributed by atoms with E-state index in [4.69, 9.17) is 15.3 Å². The van der Waals surface area contributed by atoms with Gasteiger partial charge in [0, 0.05) is 25.2 Å². The maximum Gasteiger partial charge on any atom is 0.166 e. The van der Waals surface area contributed by atoms with Gasteiger partial charge >= 0.3 is 0 Å². The Balaban J connectivity index is 1.89. The second kappa shape index (κ2) is 5.48. The minimum absolute atomic E-state index is 0.108. The van der Waals surface area contributed by atoms with Crippen LogP contribution in [0, 0.1) is 0 Å². The van der Waals surface area contributed by atoms with Gasteiger partial charge in [0.05, 0.1) is 11.7 Å². The van der Waals surface area contributed by atoms with Crippen molar-refractivity contribution in [2.24, 2.45) is 12.9 Å². The lowest BCUT2D eigenvalue weighted by Gasteiger charge is -2.24. The van der Waals surface area contributed by atoms with Gasteiger partial charge in [-0.1, -0.05) is 17.3 Å². The molecule has 1 aliphatic heterocycles. The summed E-state index contributed by atoms with van der Waals surface area (Å²) in [5, 5.41) is 8.01. The molecule has 0 aliphatic carbocycles. The van der Waals surface area contributed by atoms with Crippen molar-refractivity contribution in [1.82, 2.24) is 20.4 Å². The van der Waals surface area contributed by atoms with E-state index in [0.29, 0.717) is 19.6 Å². The zero-order valence-corrected chi connectivity index (χ0v) is 11.2. The molecule has 0 amide bonds. The van der Waals surface area contributed by atoms with Crippen molar-refractivity contribution in [3.8, 4) is 11.5 Å². The lowest BCUT2D eigenvalue weighted by molar-refractivity contribution is 0.168. The molecule has 0 fully saturated rings. The molecule has 0 bridgehead atoms. The van der Waals surface area contributed by atoms with Crippen molar-refractivity contribution in [2.45, 2.75) is 12.5 Å². The minimum atomic E-state index is -0.108. The smallest absolute Gasteiger partial charge is 0.166 e. The Morgan fingerprint density at radius 2 is 2.25 bits per heavy atom. The molecule has 20 heavy (non-hydrogen) atoms. The maximum absolute atomic E-state index is 5.72. The first-order valence-corrected chi connectivity index (χ1v) is 6.48. The summed E-state index contributed by atoms with van der Waals surface area (Å²) >= 11 is 0. The van der Waals surface area contributed by atoms with Crippen LogP contribution in [0.5, 0.6) is 11.5 Å². The van der Waals surface area contributed by atoms with Crippen LogP contribution in [0.1, 0.15) is 17.3 Å². The fourth-order valence-electron chi connectivity index (χ4n) is 2.33. The monoisotopic (exact) mass is 275 g/mol. The molecule has 0 saturated carbocycles. The molecular formula is C13H17N5O2. The fraction of sp³-hybridized carbons (Fsp3) is 0.385. The van der Waals surface area contributed by atoms with Crippen LogP contribution >= 0.6 is 0 Å². The molecule has 1 atom stereocenters. The Kier molecular flexibility index (Phi) is 3.53. The molecule has 1 aromatic heterocycles. The highest BCUT2D eigenvalue weighted by atomic mass is 16.6. The summed E-state index contributed by atoms with van der Waals surface area (Å²) in [7, 11) is 1.84. The van der Waals surface area contributed by atoms with Crippen LogP contribution in [0.25, 0.3) is 0 Å². The Morgan fingerprint density at radius 3 is 3.00 bits per heavy atom. The van der Waals surface area contributed by atoms with Gasteiger partial charge in [-0.25, -0.2) is 0 Å². The highest BCUT2D eigenvalue weighted by Crippen LogP contribution is 2.37. The van der Waals surface area contributed by atoms with E-state index >= 15 is 0 Å². The first kappa shape index (κ1) is 12.9. The molecule has 2 aromatic rings. The van der Waals surface area contributed by atoms with Crippen LogP contribution in [0.3, 0.4) is 0 Å². The summed E-state index contributed by atoms with van der Waals surface area (Å²) in [5.74, 6) is 7.20. The van der Waals surface area contributed by atoms with E-state index in [9.17, 15) is 0 Å². The molecule has 2 heterocycles. The van der Waals surface area contributed by atoms with E-state index in [0.717, 1.165) is 22.8 Å². The fourth-order valence-corrected chi connectivity index (χ4v) is 2.33. The van der Waals surface area contributed by atoms with Gasteiger partial charge in [0.1, 0.15) is 13.2 Å². The van der Waals surface area contributed by atoms with Crippen LogP contribution in [-0.2, 0) is 13.5 Å². The molecule has 0 saturated heterocycles. The molecule has 1 aromatic carbocycles. The van der Waals surface area contributed by atoms with E-state index in [-0.39, 0.29) is 6.04 Å². The molecule has 7 heteroatoms. The molecule has 3 N–H and O–H groups in total. The molecule has 3 rings (SSSR count).